The van der Waals surface area contributed by atoms with E-state index in [1.165, 1.54) is 5.56 Å². The highest BCUT2D eigenvalue weighted by molar-refractivity contribution is 7.99. The predicted molar refractivity (Wildman–Crippen MR) is 63.6 cm³/mol. The van der Waals surface area contributed by atoms with Crippen molar-refractivity contribution in [3.63, 3.8) is 0 Å². The van der Waals surface area contributed by atoms with E-state index in [0.717, 1.165) is 24.6 Å². The van der Waals surface area contributed by atoms with Crippen molar-refractivity contribution in [1.82, 2.24) is 4.90 Å². The summed E-state index contributed by atoms with van der Waals surface area (Å²) in [5.74, 6) is 2.09. The molecule has 15 heavy (non-hydrogen) atoms. The van der Waals surface area contributed by atoms with Crippen molar-refractivity contribution in [2.45, 2.75) is 12.6 Å². The zero-order valence-electron chi connectivity index (χ0n) is 8.60. The van der Waals surface area contributed by atoms with Crippen molar-refractivity contribution in [3.05, 3.63) is 35.9 Å². The lowest BCUT2D eigenvalue weighted by Crippen LogP contribution is -2.40. The van der Waals surface area contributed by atoms with Gasteiger partial charge in [0.15, 0.2) is 0 Å². The molecule has 0 saturated carbocycles. The summed E-state index contributed by atoms with van der Waals surface area (Å²) in [5.41, 5.74) is 1.30. The molecule has 1 saturated heterocycles. The summed E-state index contributed by atoms with van der Waals surface area (Å²) >= 11 is 1.88. The van der Waals surface area contributed by atoms with Gasteiger partial charge in [-0.3, -0.25) is 4.90 Å². The fourth-order valence-corrected chi connectivity index (χ4v) is 2.80. The van der Waals surface area contributed by atoms with Crippen LogP contribution in [0.15, 0.2) is 30.3 Å². The second kappa shape index (κ2) is 5.20. The Labute approximate surface area is 94.9 Å². The van der Waals surface area contributed by atoms with E-state index in [1.54, 1.807) is 0 Å². The second-order valence-corrected chi connectivity index (χ2v) is 4.83. The highest BCUT2D eigenvalue weighted by Gasteiger charge is 2.21. The molecular weight excluding hydrogens is 204 g/mol. The first kappa shape index (κ1) is 10.5. The van der Waals surface area contributed by atoms with Crippen molar-refractivity contribution >= 4 is 11.8 Å². The van der Waals surface area contributed by atoms with Crippen molar-refractivity contribution in [1.29, 1.82) is 5.26 Å². The summed E-state index contributed by atoms with van der Waals surface area (Å²) in [6.45, 7) is 1.93. The van der Waals surface area contributed by atoms with Crippen LogP contribution in [0.1, 0.15) is 5.56 Å². The standard InChI is InChI=1S/C12H14N2S/c13-8-12-10-15-7-6-14(12)9-11-4-2-1-3-5-11/h1-5,12H,6-7,9-10H2/t12-/m1/s1. The first-order valence-electron chi connectivity index (χ1n) is 5.15. The van der Waals surface area contributed by atoms with E-state index in [2.05, 4.69) is 35.2 Å². The van der Waals surface area contributed by atoms with Gasteiger partial charge >= 0.3 is 0 Å². The first-order valence-corrected chi connectivity index (χ1v) is 6.31. The zero-order chi connectivity index (χ0) is 10.5. The average molecular weight is 218 g/mol. The normalized spacial score (nSPS) is 22.2. The van der Waals surface area contributed by atoms with Gasteiger partial charge in [-0.15, -0.1) is 0 Å². The molecule has 1 aromatic carbocycles. The van der Waals surface area contributed by atoms with Crippen molar-refractivity contribution < 1.29 is 0 Å². The summed E-state index contributed by atoms with van der Waals surface area (Å²) in [7, 11) is 0. The molecule has 1 aliphatic heterocycles. The molecule has 0 spiro atoms. The van der Waals surface area contributed by atoms with Crippen molar-refractivity contribution in [2.24, 2.45) is 0 Å². The van der Waals surface area contributed by atoms with E-state index in [1.807, 2.05) is 17.8 Å². The van der Waals surface area contributed by atoms with Crippen molar-refractivity contribution in [2.75, 3.05) is 18.1 Å². The van der Waals surface area contributed by atoms with Crippen LogP contribution in [0.25, 0.3) is 0 Å². The molecule has 3 heteroatoms. The van der Waals surface area contributed by atoms with Crippen LogP contribution in [0.3, 0.4) is 0 Å². The molecule has 0 unspecified atom stereocenters. The predicted octanol–water partition coefficient (Wildman–Crippen LogP) is 2.13. The maximum absolute atomic E-state index is 9.03. The third-order valence-electron chi connectivity index (χ3n) is 2.62. The number of benzene rings is 1. The summed E-state index contributed by atoms with van der Waals surface area (Å²) in [5, 5.41) is 9.03. The van der Waals surface area contributed by atoms with E-state index < -0.39 is 0 Å². The van der Waals surface area contributed by atoms with Gasteiger partial charge in [0, 0.05) is 24.6 Å². The third-order valence-corrected chi connectivity index (χ3v) is 3.64. The number of rotatable bonds is 2. The SMILES string of the molecule is N#C[C@@H]1CSCCN1Cc1ccccc1. The minimum Gasteiger partial charge on any atom is -0.282 e. The Kier molecular flexibility index (Phi) is 3.65. The molecule has 2 rings (SSSR count). The number of hydrogen-bond donors (Lipinski definition) is 0. The zero-order valence-corrected chi connectivity index (χ0v) is 9.41. The summed E-state index contributed by atoms with van der Waals surface area (Å²) < 4.78 is 0. The van der Waals surface area contributed by atoms with E-state index in [-0.39, 0.29) is 6.04 Å². The Morgan fingerprint density at radius 3 is 2.93 bits per heavy atom. The van der Waals surface area contributed by atoms with Crippen LogP contribution in [0.5, 0.6) is 0 Å². The lowest BCUT2D eigenvalue weighted by molar-refractivity contribution is 0.249. The van der Waals surface area contributed by atoms with Crippen LogP contribution in [0.4, 0.5) is 0 Å². The smallest absolute Gasteiger partial charge is 0.107 e. The van der Waals surface area contributed by atoms with Gasteiger partial charge in [0.05, 0.1) is 6.07 Å². The van der Waals surface area contributed by atoms with E-state index in [9.17, 15) is 0 Å². The largest absolute Gasteiger partial charge is 0.282 e. The molecule has 2 nitrogen and oxygen atoms in total. The van der Waals surface area contributed by atoms with E-state index in [4.69, 9.17) is 5.26 Å². The van der Waals surface area contributed by atoms with Gasteiger partial charge in [0.2, 0.25) is 0 Å². The van der Waals surface area contributed by atoms with Gasteiger partial charge in [0.25, 0.3) is 0 Å². The molecular formula is C12H14N2S. The Morgan fingerprint density at radius 2 is 2.20 bits per heavy atom. The van der Waals surface area contributed by atoms with Crippen LogP contribution < -0.4 is 0 Å². The Bertz CT molecular complexity index is 344. The number of nitriles is 1. The minimum absolute atomic E-state index is 0.0870. The molecule has 1 heterocycles. The van der Waals surface area contributed by atoms with E-state index >= 15 is 0 Å². The number of thioether (sulfide) groups is 1. The maximum atomic E-state index is 9.03. The molecule has 0 aliphatic carbocycles. The highest BCUT2D eigenvalue weighted by Crippen LogP contribution is 2.18. The van der Waals surface area contributed by atoms with Gasteiger partial charge in [-0.2, -0.15) is 17.0 Å². The fraction of sp³-hybridized carbons (Fsp3) is 0.417. The number of hydrogen-bond acceptors (Lipinski definition) is 3. The summed E-state index contributed by atoms with van der Waals surface area (Å²) in [4.78, 5) is 2.27. The molecule has 0 bridgehead atoms. The highest BCUT2D eigenvalue weighted by atomic mass is 32.2. The monoisotopic (exact) mass is 218 g/mol. The topological polar surface area (TPSA) is 27.0 Å². The van der Waals surface area contributed by atoms with Gasteiger partial charge in [-0.05, 0) is 5.56 Å². The van der Waals surface area contributed by atoms with Crippen LogP contribution >= 0.6 is 11.8 Å². The lowest BCUT2D eigenvalue weighted by Gasteiger charge is -2.30. The Morgan fingerprint density at radius 1 is 1.40 bits per heavy atom. The number of nitrogens with zero attached hydrogens (tertiary/aromatic N) is 2. The minimum atomic E-state index is 0.0870. The molecule has 0 aromatic heterocycles. The molecule has 0 radical (unpaired) electrons. The third kappa shape index (κ3) is 2.74. The molecule has 1 aromatic rings. The Balaban J connectivity index is 2.01. The van der Waals surface area contributed by atoms with Crippen LogP contribution in [0.2, 0.25) is 0 Å². The molecule has 1 aliphatic rings. The fourth-order valence-electron chi connectivity index (χ4n) is 1.76. The maximum Gasteiger partial charge on any atom is 0.107 e. The quantitative estimate of drug-likeness (QED) is 0.761. The average Bonchev–Trinajstić information content (AvgIpc) is 2.31. The van der Waals surface area contributed by atoms with Gasteiger partial charge < -0.3 is 0 Å². The van der Waals surface area contributed by atoms with Crippen LogP contribution in [-0.2, 0) is 6.54 Å². The van der Waals surface area contributed by atoms with E-state index in [0.29, 0.717) is 0 Å². The van der Waals surface area contributed by atoms with Crippen LogP contribution in [-0.4, -0.2) is 29.0 Å². The second-order valence-electron chi connectivity index (χ2n) is 3.68. The van der Waals surface area contributed by atoms with Gasteiger partial charge in [-0.1, -0.05) is 30.3 Å². The molecule has 1 fully saturated rings. The molecule has 0 N–H and O–H groups in total. The molecule has 78 valence electrons. The Hall–Kier alpha value is -0.980. The first-order chi connectivity index (χ1) is 7.40. The lowest BCUT2D eigenvalue weighted by atomic mass is 10.2. The van der Waals surface area contributed by atoms with Crippen molar-refractivity contribution in [3.8, 4) is 6.07 Å². The van der Waals surface area contributed by atoms with Crippen LogP contribution in [0, 0.1) is 11.3 Å². The molecule has 1 atom stereocenters. The summed E-state index contributed by atoms with van der Waals surface area (Å²) in [6, 6.07) is 12.8. The summed E-state index contributed by atoms with van der Waals surface area (Å²) in [6.07, 6.45) is 0. The van der Waals surface area contributed by atoms with Gasteiger partial charge in [-0.25, -0.2) is 0 Å². The molecule has 0 amide bonds. The van der Waals surface area contributed by atoms with Gasteiger partial charge in [0.1, 0.15) is 6.04 Å².